The first kappa shape index (κ1) is 17.7. The van der Waals surface area contributed by atoms with Crippen molar-refractivity contribution in [2.24, 2.45) is 0 Å². The number of carbonyl (C=O) groups is 1. The summed E-state index contributed by atoms with van der Waals surface area (Å²) in [5.74, 6) is -0.286. The molecule has 0 unspecified atom stereocenters. The molecule has 0 bridgehead atoms. The third kappa shape index (κ3) is 3.34. The Labute approximate surface area is 156 Å². The Morgan fingerprint density at radius 3 is 2.52 bits per heavy atom. The summed E-state index contributed by atoms with van der Waals surface area (Å²) >= 11 is 12.1. The van der Waals surface area contributed by atoms with Crippen LogP contribution >= 0.6 is 23.2 Å². The van der Waals surface area contributed by atoms with Crippen molar-refractivity contribution in [2.45, 2.75) is 33.2 Å². The van der Waals surface area contributed by atoms with Gasteiger partial charge in [0.25, 0.3) is 5.91 Å². The molecule has 2 heterocycles. The van der Waals surface area contributed by atoms with Crippen LogP contribution < -0.4 is 5.32 Å². The van der Waals surface area contributed by atoms with Crippen molar-refractivity contribution in [3.8, 4) is 0 Å². The monoisotopic (exact) mass is 376 g/mol. The number of nitrogens with zero attached hydrogens (tertiary/aromatic N) is 3. The lowest BCUT2D eigenvalue weighted by atomic mass is 10.1. The van der Waals surface area contributed by atoms with Crippen molar-refractivity contribution in [3.05, 3.63) is 51.9 Å². The third-order valence-corrected chi connectivity index (χ3v) is 4.54. The summed E-state index contributed by atoms with van der Waals surface area (Å²) in [5, 5.41) is 9.06. The van der Waals surface area contributed by atoms with Crippen LogP contribution in [0.3, 0.4) is 0 Å². The van der Waals surface area contributed by atoms with Gasteiger partial charge < -0.3 is 5.32 Å². The number of anilines is 1. The van der Waals surface area contributed by atoms with E-state index in [2.05, 4.69) is 36.2 Å². The number of pyridine rings is 1. The zero-order valence-corrected chi connectivity index (χ0v) is 15.7. The van der Waals surface area contributed by atoms with Gasteiger partial charge in [0.05, 0.1) is 26.9 Å². The minimum Gasteiger partial charge on any atom is -0.319 e. The highest BCUT2D eigenvalue weighted by molar-refractivity contribution is 6.39. The zero-order chi connectivity index (χ0) is 18.1. The highest BCUT2D eigenvalue weighted by atomic mass is 35.5. The van der Waals surface area contributed by atoms with E-state index in [9.17, 15) is 4.79 Å². The summed E-state index contributed by atoms with van der Waals surface area (Å²) in [6.07, 6.45) is 3.71. The molecule has 7 heteroatoms. The van der Waals surface area contributed by atoms with Gasteiger partial charge in [-0.25, -0.2) is 0 Å². The van der Waals surface area contributed by atoms with Gasteiger partial charge in [0.15, 0.2) is 0 Å². The number of aryl methyl sites for hydroxylation is 1. The Bertz CT molecular complexity index is 929. The fourth-order valence-corrected chi connectivity index (χ4v) is 3.17. The molecular weight excluding hydrogens is 359 g/mol. The molecule has 0 radical (unpaired) electrons. The van der Waals surface area contributed by atoms with Crippen molar-refractivity contribution in [1.82, 2.24) is 14.8 Å². The number of benzene rings is 1. The Morgan fingerprint density at radius 2 is 1.92 bits per heavy atom. The summed E-state index contributed by atoms with van der Waals surface area (Å²) in [6, 6.07) is 5.77. The van der Waals surface area contributed by atoms with E-state index >= 15 is 0 Å². The van der Waals surface area contributed by atoms with Crippen LogP contribution in [0.2, 0.25) is 10.0 Å². The molecule has 0 aliphatic rings. The topological polar surface area (TPSA) is 59.8 Å². The normalized spacial score (nSPS) is 11.3. The van der Waals surface area contributed by atoms with Crippen molar-refractivity contribution in [2.75, 3.05) is 5.32 Å². The summed E-state index contributed by atoms with van der Waals surface area (Å²) in [4.78, 5) is 16.5. The summed E-state index contributed by atoms with van der Waals surface area (Å²) < 4.78 is 1.94. The van der Waals surface area contributed by atoms with Crippen LogP contribution in [-0.2, 0) is 6.42 Å². The average Bonchev–Trinajstić information content (AvgIpc) is 2.96. The lowest BCUT2D eigenvalue weighted by Crippen LogP contribution is -2.13. The van der Waals surface area contributed by atoms with Crippen LogP contribution in [0.4, 0.5) is 5.69 Å². The average molecular weight is 377 g/mol. The summed E-state index contributed by atoms with van der Waals surface area (Å²) in [7, 11) is 0. The molecule has 0 spiro atoms. The molecular formula is C18H18Cl2N4O. The van der Waals surface area contributed by atoms with Gasteiger partial charge in [-0.05, 0) is 32.4 Å². The smallest absolute Gasteiger partial charge is 0.255 e. The highest BCUT2D eigenvalue weighted by Gasteiger charge is 2.16. The van der Waals surface area contributed by atoms with Crippen LogP contribution in [0.25, 0.3) is 10.9 Å². The van der Waals surface area contributed by atoms with Crippen LogP contribution in [-0.4, -0.2) is 20.7 Å². The lowest BCUT2D eigenvalue weighted by Gasteiger charge is -2.10. The number of hydrogen-bond acceptors (Lipinski definition) is 3. The number of halogens is 2. The fourth-order valence-electron chi connectivity index (χ4n) is 2.72. The summed E-state index contributed by atoms with van der Waals surface area (Å²) in [5.41, 5.74) is 2.83. The molecule has 0 fully saturated rings. The fraction of sp³-hybridized carbons (Fsp3) is 0.278. The maximum atomic E-state index is 12.6. The van der Waals surface area contributed by atoms with Gasteiger partial charge in [-0.3, -0.25) is 14.5 Å². The number of rotatable bonds is 4. The minimum atomic E-state index is -0.286. The van der Waals surface area contributed by atoms with Gasteiger partial charge in [0, 0.05) is 29.4 Å². The summed E-state index contributed by atoms with van der Waals surface area (Å²) in [6.45, 7) is 6.20. The maximum Gasteiger partial charge on any atom is 0.255 e. The second-order valence-corrected chi connectivity index (χ2v) is 6.82. The molecule has 3 aromatic rings. The molecule has 0 aliphatic carbocycles. The Kier molecular flexibility index (Phi) is 4.97. The number of aromatic nitrogens is 3. The van der Waals surface area contributed by atoms with Gasteiger partial charge in [0.1, 0.15) is 0 Å². The van der Waals surface area contributed by atoms with E-state index in [1.54, 1.807) is 6.07 Å². The van der Waals surface area contributed by atoms with Gasteiger partial charge in [0.2, 0.25) is 0 Å². The molecule has 0 atom stereocenters. The van der Waals surface area contributed by atoms with Crippen molar-refractivity contribution in [3.63, 3.8) is 0 Å². The lowest BCUT2D eigenvalue weighted by molar-refractivity contribution is 0.102. The molecule has 0 saturated heterocycles. The SMILES string of the molecule is CCc1nn(C(C)C)c2cc(C(=O)Nc3c(Cl)cncc3Cl)ccc12. The van der Waals surface area contributed by atoms with E-state index in [0.717, 1.165) is 23.0 Å². The maximum absolute atomic E-state index is 12.6. The van der Waals surface area contributed by atoms with Gasteiger partial charge in [-0.15, -0.1) is 0 Å². The Hall–Kier alpha value is -2.11. The van der Waals surface area contributed by atoms with E-state index < -0.39 is 0 Å². The first-order valence-corrected chi connectivity index (χ1v) is 8.79. The van der Waals surface area contributed by atoms with Crippen molar-refractivity contribution < 1.29 is 4.79 Å². The minimum absolute atomic E-state index is 0.199. The predicted molar refractivity (Wildman–Crippen MR) is 102 cm³/mol. The van der Waals surface area contributed by atoms with Gasteiger partial charge in [-0.2, -0.15) is 5.10 Å². The number of carbonyl (C=O) groups excluding carboxylic acids is 1. The zero-order valence-electron chi connectivity index (χ0n) is 14.2. The molecule has 2 aromatic heterocycles. The van der Waals surface area contributed by atoms with E-state index in [1.807, 2.05) is 16.8 Å². The molecule has 3 rings (SSSR count). The standard InChI is InChI=1S/C18H18Cl2N4O/c1-4-15-12-6-5-11(7-16(12)24(23-15)10(2)3)18(25)22-17-13(19)8-21-9-14(17)20/h5-10H,4H2,1-3H3,(H,21,22,25). The van der Waals surface area contributed by atoms with Gasteiger partial charge in [-0.1, -0.05) is 36.2 Å². The molecule has 1 aromatic carbocycles. The van der Waals surface area contributed by atoms with Crippen LogP contribution in [0.5, 0.6) is 0 Å². The molecule has 1 N–H and O–H groups in total. The van der Waals surface area contributed by atoms with Crippen LogP contribution in [0.1, 0.15) is 42.9 Å². The first-order valence-electron chi connectivity index (χ1n) is 8.03. The molecule has 0 aliphatic heterocycles. The van der Waals surface area contributed by atoms with E-state index in [1.165, 1.54) is 12.4 Å². The number of hydrogen-bond donors (Lipinski definition) is 1. The van der Waals surface area contributed by atoms with Gasteiger partial charge >= 0.3 is 0 Å². The number of nitrogens with one attached hydrogen (secondary N) is 1. The van der Waals surface area contributed by atoms with Crippen molar-refractivity contribution in [1.29, 1.82) is 0 Å². The predicted octanol–water partition coefficient (Wildman–Crippen LogP) is 5.13. The molecule has 130 valence electrons. The van der Waals surface area contributed by atoms with Crippen molar-refractivity contribution >= 4 is 45.7 Å². The largest absolute Gasteiger partial charge is 0.319 e. The quantitative estimate of drug-likeness (QED) is 0.685. The molecule has 25 heavy (non-hydrogen) atoms. The third-order valence-electron chi connectivity index (χ3n) is 3.96. The molecule has 1 amide bonds. The second-order valence-electron chi connectivity index (χ2n) is 6.00. The van der Waals surface area contributed by atoms with E-state index in [0.29, 0.717) is 21.3 Å². The van der Waals surface area contributed by atoms with E-state index in [-0.39, 0.29) is 11.9 Å². The van der Waals surface area contributed by atoms with Crippen LogP contribution in [0, 0.1) is 0 Å². The highest BCUT2D eigenvalue weighted by Crippen LogP contribution is 2.30. The van der Waals surface area contributed by atoms with E-state index in [4.69, 9.17) is 23.2 Å². The number of amides is 1. The Morgan fingerprint density at radius 1 is 1.24 bits per heavy atom. The molecule has 5 nitrogen and oxygen atoms in total. The van der Waals surface area contributed by atoms with Crippen LogP contribution in [0.15, 0.2) is 30.6 Å². The molecule has 0 saturated carbocycles. The first-order chi connectivity index (χ1) is 11.9. The Balaban J connectivity index is 2.01. The second kappa shape index (κ2) is 7.02. The number of fused-ring (bicyclic) bond motifs is 1.